The van der Waals surface area contributed by atoms with Gasteiger partial charge in [-0.25, -0.2) is 9.97 Å². The van der Waals surface area contributed by atoms with Gasteiger partial charge in [0.15, 0.2) is 0 Å². The zero-order chi connectivity index (χ0) is 21.7. The highest BCUT2D eigenvalue weighted by atomic mass is 19.4. The second-order valence-corrected chi connectivity index (χ2v) is 6.51. The molecule has 0 radical (unpaired) electrons. The lowest BCUT2D eigenvalue weighted by atomic mass is 10.0. The number of aliphatic carboxylic acids is 1. The van der Waals surface area contributed by atoms with E-state index in [9.17, 15) is 18.0 Å². The van der Waals surface area contributed by atoms with Crippen LogP contribution in [0.25, 0.3) is 11.3 Å². The van der Waals surface area contributed by atoms with Crippen molar-refractivity contribution in [2.45, 2.75) is 25.9 Å². The number of hydrogen-bond donors (Lipinski definition) is 2. The first-order valence-corrected chi connectivity index (χ1v) is 9.07. The molecule has 7 nitrogen and oxygen atoms in total. The molecule has 0 aliphatic carbocycles. The van der Waals surface area contributed by atoms with E-state index in [0.29, 0.717) is 29.1 Å². The van der Waals surface area contributed by atoms with Crippen LogP contribution in [0.2, 0.25) is 0 Å². The molecule has 0 saturated carbocycles. The minimum atomic E-state index is -4.56. The number of aromatic nitrogens is 4. The second kappa shape index (κ2) is 8.85. The van der Waals surface area contributed by atoms with Gasteiger partial charge in [-0.15, -0.1) is 0 Å². The standard InChI is InChI=1S/C20H18F3N5O2/c1-2-12(18(29)30)8-15-10-26-16(11-25-15)13-4-3-5-14(9-13)27-19-24-7-6-17(28-19)20(21,22)23/h3-7,9-12H,2,8H2,1H3,(H,29,30)(H,24,27,28). The highest BCUT2D eigenvalue weighted by Gasteiger charge is 2.32. The van der Waals surface area contributed by atoms with Crippen molar-refractivity contribution in [1.29, 1.82) is 0 Å². The SMILES string of the molecule is CCC(Cc1cnc(-c2cccc(Nc3nccc(C(F)(F)F)n3)c2)cn1)C(=O)O. The molecule has 1 unspecified atom stereocenters. The minimum absolute atomic E-state index is 0.178. The van der Waals surface area contributed by atoms with E-state index >= 15 is 0 Å². The summed E-state index contributed by atoms with van der Waals surface area (Å²) in [5.41, 5.74) is 1.23. The number of rotatable bonds is 7. The van der Waals surface area contributed by atoms with Crippen molar-refractivity contribution in [2.24, 2.45) is 5.92 Å². The molecule has 2 aromatic heterocycles. The molecule has 0 saturated heterocycles. The summed E-state index contributed by atoms with van der Waals surface area (Å²) < 4.78 is 38.4. The van der Waals surface area contributed by atoms with Crippen LogP contribution in [0, 0.1) is 5.92 Å². The zero-order valence-corrected chi connectivity index (χ0v) is 15.9. The lowest BCUT2D eigenvalue weighted by Crippen LogP contribution is -2.16. The van der Waals surface area contributed by atoms with E-state index in [-0.39, 0.29) is 12.4 Å². The van der Waals surface area contributed by atoms with E-state index in [0.717, 1.165) is 12.3 Å². The molecule has 0 fully saturated rings. The smallest absolute Gasteiger partial charge is 0.433 e. The van der Waals surface area contributed by atoms with Crippen LogP contribution in [0.15, 0.2) is 48.9 Å². The molecular formula is C20H18F3N5O2. The molecule has 0 spiro atoms. The number of nitrogens with one attached hydrogen (secondary N) is 1. The molecule has 2 N–H and O–H groups in total. The highest BCUT2D eigenvalue weighted by molar-refractivity contribution is 5.70. The average molecular weight is 417 g/mol. The number of anilines is 2. The van der Waals surface area contributed by atoms with Crippen LogP contribution in [0.5, 0.6) is 0 Å². The molecule has 0 amide bonds. The number of benzene rings is 1. The fourth-order valence-electron chi connectivity index (χ4n) is 2.73. The largest absolute Gasteiger partial charge is 0.481 e. The van der Waals surface area contributed by atoms with E-state index < -0.39 is 23.8 Å². The highest BCUT2D eigenvalue weighted by Crippen LogP contribution is 2.28. The average Bonchev–Trinajstić information content (AvgIpc) is 2.72. The number of alkyl halides is 3. The Bertz CT molecular complexity index is 1030. The molecule has 156 valence electrons. The van der Waals surface area contributed by atoms with Gasteiger partial charge in [0, 0.05) is 30.1 Å². The third-order valence-corrected chi connectivity index (χ3v) is 4.36. The summed E-state index contributed by atoms with van der Waals surface area (Å²) in [6.07, 6.45) is 0.307. The molecule has 3 aromatic rings. The van der Waals surface area contributed by atoms with Crippen molar-refractivity contribution < 1.29 is 23.1 Å². The van der Waals surface area contributed by atoms with Crippen molar-refractivity contribution in [1.82, 2.24) is 19.9 Å². The maximum absolute atomic E-state index is 12.8. The molecule has 1 aromatic carbocycles. The number of halogens is 3. The molecule has 30 heavy (non-hydrogen) atoms. The summed E-state index contributed by atoms with van der Waals surface area (Å²) >= 11 is 0. The monoisotopic (exact) mass is 417 g/mol. The fraction of sp³-hybridized carbons (Fsp3) is 0.250. The fourth-order valence-corrected chi connectivity index (χ4v) is 2.73. The molecular weight excluding hydrogens is 399 g/mol. The van der Waals surface area contributed by atoms with E-state index in [1.165, 1.54) is 12.4 Å². The van der Waals surface area contributed by atoms with Crippen molar-refractivity contribution in [3.63, 3.8) is 0 Å². The number of carboxylic acid groups (broad SMARTS) is 1. The lowest BCUT2D eigenvalue weighted by molar-refractivity contribution is -0.142. The Morgan fingerprint density at radius 2 is 1.97 bits per heavy atom. The van der Waals surface area contributed by atoms with Crippen LogP contribution in [-0.2, 0) is 17.4 Å². The van der Waals surface area contributed by atoms with Gasteiger partial charge in [0.1, 0.15) is 5.69 Å². The third-order valence-electron chi connectivity index (χ3n) is 4.36. The van der Waals surface area contributed by atoms with Gasteiger partial charge in [-0.2, -0.15) is 13.2 Å². The first kappa shape index (κ1) is 21.2. The number of carboxylic acids is 1. The summed E-state index contributed by atoms with van der Waals surface area (Å²) in [6.45, 7) is 1.80. The van der Waals surface area contributed by atoms with Gasteiger partial charge < -0.3 is 10.4 Å². The van der Waals surface area contributed by atoms with Crippen molar-refractivity contribution in [3.05, 3.63) is 60.3 Å². The Kier molecular flexibility index (Phi) is 6.24. The van der Waals surface area contributed by atoms with Gasteiger partial charge in [-0.1, -0.05) is 19.1 Å². The molecule has 10 heteroatoms. The van der Waals surface area contributed by atoms with Crippen LogP contribution in [0.1, 0.15) is 24.7 Å². The van der Waals surface area contributed by atoms with Crippen LogP contribution < -0.4 is 5.32 Å². The van der Waals surface area contributed by atoms with Crippen molar-refractivity contribution in [3.8, 4) is 11.3 Å². The first-order valence-electron chi connectivity index (χ1n) is 9.07. The van der Waals surface area contributed by atoms with Gasteiger partial charge in [-0.05, 0) is 24.6 Å². The quantitative estimate of drug-likeness (QED) is 0.589. The summed E-state index contributed by atoms with van der Waals surface area (Å²) in [7, 11) is 0. The van der Waals surface area contributed by atoms with Gasteiger partial charge in [0.2, 0.25) is 5.95 Å². The molecule has 1 atom stereocenters. The third kappa shape index (κ3) is 5.28. The number of carbonyl (C=O) groups is 1. The van der Waals surface area contributed by atoms with E-state index in [4.69, 9.17) is 5.11 Å². The van der Waals surface area contributed by atoms with Gasteiger partial charge in [0.25, 0.3) is 0 Å². The Labute approximate surface area is 170 Å². The Hall–Kier alpha value is -3.56. The minimum Gasteiger partial charge on any atom is -0.481 e. The molecule has 0 bridgehead atoms. The van der Waals surface area contributed by atoms with Crippen LogP contribution in [0.4, 0.5) is 24.8 Å². The Morgan fingerprint density at radius 3 is 2.60 bits per heavy atom. The van der Waals surface area contributed by atoms with Gasteiger partial charge in [0.05, 0.1) is 23.5 Å². The molecule has 0 aliphatic heterocycles. The zero-order valence-electron chi connectivity index (χ0n) is 15.9. The number of nitrogens with zero attached hydrogens (tertiary/aromatic N) is 4. The topological polar surface area (TPSA) is 101 Å². The molecule has 0 aliphatic rings. The normalized spacial score (nSPS) is 12.4. The molecule has 2 heterocycles. The van der Waals surface area contributed by atoms with Gasteiger partial charge in [-0.3, -0.25) is 14.8 Å². The Balaban J connectivity index is 1.76. The van der Waals surface area contributed by atoms with E-state index in [1.54, 1.807) is 31.2 Å². The first-order chi connectivity index (χ1) is 14.3. The number of hydrogen-bond acceptors (Lipinski definition) is 6. The Morgan fingerprint density at radius 1 is 1.17 bits per heavy atom. The predicted molar refractivity (Wildman–Crippen MR) is 103 cm³/mol. The summed E-state index contributed by atoms with van der Waals surface area (Å²) in [5.74, 6) is -1.58. The van der Waals surface area contributed by atoms with Crippen molar-refractivity contribution >= 4 is 17.6 Å². The molecule has 3 rings (SSSR count). The van der Waals surface area contributed by atoms with Crippen LogP contribution in [0.3, 0.4) is 0 Å². The van der Waals surface area contributed by atoms with E-state index in [2.05, 4.69) is 25.3 Å². The summed E-state index contributed by atoms with van der Waals surface area (Å²) in [5, 5.41) is 11.9. The lowest BCUT2D eigenvalue weighted by Gasteiger charge is -2.10. The van der Waals surface area contributed by atoms with Crippen molar-refractivity contribution in [2.75, 3.05) is 5.32 Å². The summed E-state index contributed by atoms with van der Waals surface area (Å²) in [4.78, 5) is 27.1. The van der Waals surface area contributed by atoms with Crippen LogP contribution >= 0.6 is 0 Å². The second-order valence-electron chi connectivity index (χ2n) is 6.51. The van der Waals surface area contributed by atoms with E-state index in [1.807, 2.05) is 0 Å². The van der Waals surface area contributed by atoms with Crippen LogP contribution in [-0.4, -0.2) is 31.0 Å². The maximum Gasteiger partial charge on any atom is 0.433 e. The van der Waals surface area contributed by atoms with Gasteiger partial charge >= 0.3 is 12.1 Å². The summed E-state index contributed by atoms with van der Waals surface area (Å²) in [6, 6.07) is 7.62. The maximum atomic E-state index is 12.8. The predicted octanol–water partition coefficient (Wildman–Crippen LogP) is 4.35.